The number of nitrogens with one attached hydrogen (secondary N) is 1. The molecule has 1 aromatic heterocycles. The Morgan fingerprint density at radius 3 is 2.69 bits per heavy atom. The van der Waals surface area contributed by atoms with Crippen LogP contribution in [0.4, 0.5) is 10.1 Å². The molecule has 0 bridgehead atoms. The van der Waals surface area contributed by atoms with Crippen LogP contribution in [0.3, 0.4) is 0 Å². The van der Waals surface area contributed by atoms with Crippen LogP contribution < -0.4 is 15.6 Å². The Morgan fingerprint density at radius 2 is 1.94 bits per heavy atom. The van der Waals surface area contributed by atoms with E-state index in [0.717, 1.165) is 22.9 Å². The first kappa shape index (κ1) is 25.2. The van der Waals surface area contributed by atoms with E-state index in [9.17, 15) is 14.0 Å². The summed E-state index contributed by atoms with van der Waals surface area (Å²) in [5, 5.41) is 7.38. The molecule has 1 heterocycles. The van der Waals surface area contributed by atoms with Gasteiger partial charge in [-0.15, -0.1) is 0 Å². The monoisotopic (exact) mass is 550 g/mol. The van der Waals surface area contributed by atoms with E-state index in [4.69, 9.17) is 4.74 Å². The summed E-state index contributed by atoms with van der Waals surface area (Å²) in [4.78, 5) is 29.9. The summed E-state index contributed by atoms with van der Waals surface area (Å²) in [7, 11) is 0. The van der Waals surface area contributed by atoms with Crippen molar-refractivity contribution in [3.8, 4) is 5.75 Å². The molecule has 4 aromatic rings. The summed E-state index contributed by atoms with van der Waals surface area (Å²) in [5.41, 5.74) is 1.24. The summed E-state index contributed by atoms with van der Waals surface area (Å²) in [6.45, 7) is 1.81. The first-order chi connectivity index (χ1) is 17.4. The van der Waals surface area contributed by atoms with Crippen molar-refractivity contribution in [1.82, 2.24) is 9.66 Å². The summed E-state index contributed by atoms with van der Waals surface area (Å²) in [6, 6.07) is 18.2. The first-order valence-corrected chi connectivity index (χ1v) is 12.3. The molecule has 1 amide bonds. The van der Waals surface area contributed by atoms with Crippen LogP contribution in [0.5, 0.6) is 5.75 Å². The summed E-state index contributed by atoms with van der Waals surface area (Å²) >= 11 is 3.41. The van der Waals surface area contributed by atoms with Gasteiger partial charge in [-0.25, -0.2) is 9.37 Å². The Kier molecular flexibility index (Phi) is 8.22. The maximum Gasteiger partial charge on any atom is 0.282 e. The number of halogens is 2. The van der Waals surface area contributed by atoms with E-state index < -0.39 is 11.7 Å². The van der Waals surface area contributed by atoms with Gasteiger partial charge >= 0.3 is 0 Å². The number of benzene rings is 3. The highest BCUT2D eigenvalue weighted by Gasteiger charge is 2.11. The second kappa shape index (κ2) is 11.7. The lowest BCUT2D eigenvalue weighted by Gasteiger charge is -2.09. The molecule has 4 rings (SSSR count). The molecule has 0 atom stereocenters. The Morgan fingerprint density at radius 1 is 1.17 bits per heavy atom. The molecule has 3 aromatic carbocycles. The lowest BCUT2D eigenvalue weighted by Crippen LogP contribution is -2.22. The minimum atomic E-state index is -0.513. The quantitative estimate of drug-likeness (QED) is 0.277. The largest absolute Gasteiger partial charge is 0.484 e. The van der Waals surface area contributed by atoms with E-state index in [2.05, 4.69) is 38.3 Å². The minimum absolute atomic E-state index is 0.0988. The molecule has 7 nitrogen and oxygen atoms in total. The molecule has 0 saturated carbocycles. The lowest BCUT2D eigenvalue weighted by molar-refractivity contribution is -0.118. The number of unbranched alkanes of at least 4 members (excludes halogenated alkanes) is 1. The average molecular weight is 551 g/mol. The molecule has 0 aliphatic rings. The van der Waals surface area contributed by atoms with E-state index >= 15 is 0 Å². The predicted molar refractivity (Wildman–Crippen MR) is 142 cm³/mol. The molecule has 0 saturated heterocycles. The van der Waals surface area contributed by atoms with E-state index in [1.165, 1.54) is 16.8 Å². The summed E-state index contributed by atoms with van der Waals surface area (Å²) in [6.07, 6.45) is 4.08. The van der Waals surface area contributed by atoms with Gasteiger partial charge in [0.15, 0.2) is 6.61 Å². The van der Waals surface area contributed by atoms with Crippen molar-refractivity contribution in [1.29, 1.82) is 0 Å². The van der Waals surface area contributed by atoms with Crippen LogP contribution in [0.15, 0.2) is 81.1 Å². The molecule has 0 unspecified atom stereocenters. The highest BCUT2D eigenvalue weighted by atomic mass is 79.9. The van der Waals surface area contributed by atoms with Gasteiger partial charge in [-0.2, -0.15) is 9.78 Å². The number of carbonyl (C=O) groups is 1. The van der Waals surface area contributed by atoms with Gasteiger partial charge in [-0.1, -0.05) is 41.4 Å². The van der Waals surface area contributed by atoms with Crippen LogP contribution >= 0.6 is 15.9 Å². The topological polar surface area (TPSA) is 85.6 Å². The maximum atomic E-state index is 13.7. The number of aromatic nitrogens is 2. The van der Waals surface area contributed by atoms with E-state index in [1.807, 2.05) is 12.1 Å². The first-order valence-electron chi connectivity index (χ1n) is 11.5. The van der Waals surface area contributed by atoms with E-state index in [1.54, 1.807) is 48.7 Å². The highest BCUT2D eigenvalue weighted by molar-refractivity contribution is 9.10. The van der Waals surface area contributed by atoms with Crippen molar-refractivity contribution in [3.63, 3.8) is 0 Å². The number of ether oxygens (including phenoxy) is 1. The second-order valence-corrected chi connectivity index (χ2v) is 8.96. The number of aryl methyl sites for hydroxylation is 1. The molecule has 0 aliphatic heterocycles. The number of fused-ring (bicyclic) bond motifs is 1. The summed E-state index contributed by atoms with van der Waals surface area (Å²) in [5.74, 6) is 0.0865. The smallest absolute Gasteiger partial charge is 0.282 e. The molecular formula is C27H24BrFN4O3. The third-order valence-corrected chi connectivity index (χ3v) is 5.84. The zero-order chi connectivity index (χ0) is 25.5. The number of rotatable bonds is 9. The zero-order valence-electron chi connectivity index (χ0n) is 19.6. The molecule has 36 heavy (non-hydrogen) atoms. The number of hydrogen-bond acceptors (Lipinski definition) is 5. The van der Waals surface area contributed by atoms with Gasteiger partial charge < -0.3 is 10.1 Å². The fourth-order valence-electron chi connectivity index (χ4n) is 3.48. The van der Waals surface area contributed by atoms with Gasteiger partial charge in [-0.05, 0) is 66.6 Å². The number of para-hydroxylation sites is 1. The number of amides is 1. The zero-order valence-corrected chi connectivity index (χ0v) is 21.2. The van der Waals surface area contributed by atoms with Crippen LogP contribution in [0, 0.1) is 5.82 Å². The molecule has 0 spiro atoms. The van der Waals surface area contributed by atoms with E-state index in [-0.39, 0.29) is 17.9 Å². The molecule has 0 fully saturated rings. The molecule has 1 N–H and O–H groups in total. The Hall–Kier alpha value is -3.85. The molecule has 0 aliphatic carbocycles. The van der Waals surface area contributed by atoms with Gasteiger partial charge in [0.2, 0.25) is 0 Å². The van der Waals surface area contributed by atoms with Crippen molar-refractivity contribution in [3.05, 3.63) is 98.8 Å². The molecular weight excluding hydrogens is 527 g/mol. The molecule has 9 heteroatoms. The Balaban J connectivity index is 1.47. The normalized spacial score (nSPS) is 11.2. The Bertz CT molecular complexity index is 1470. The average Bonchev–Trinajstić information content (AvgIpc) is 2.88. The van der Waals surface area contributed by atoms with Crippen LogP contribution in [-0.2, 0) is 11.2 Å². The van der Waals surface area contributed by atoms with Gasteiger partial charge in [0.1, 0.15) is 17.4 Å². The van der Waals surface area contributed by atoms with Crippen molar-refractivity contribution in [2.75, 3.05) is 11.9 Å². The molecule has 0 radical (unpaired) electrons. The number of nitrogens with zero attached hydrogens (tertiary/aromatic N) is 3. The number of hydrogen-bond donors (Lipinski definition) is 1. The maximum absolute atomic E-state index is 13.7. The third-order valence-electron chi connectivity index (χ3n) is 5.35. The lowest BCUT2D eigenvalue weighted by atomic mass is 10.2. The minimum Gasteiger partial charge on any atom is -0.484 e. The van der Waals surface area contributed by atoms with Crippen LogP contribution in [0.1, 0.15) is 31.2 Å². The van der Waals surface area contributed by atoms with Crippen molar-refractivity contribution >= 4 is 44.6 Å². The number of anilines is 1. The molecule has 184 valence electrons. The standard InChI is InChI=1S/C27H24BrFN4O3/c1-2-3-8-25-31-23-14-11-19(28)15-21(23)27(35)33(25)30-16-18-9-12-20(13-10-18)36-17-26(34)32-24-7-5-4-6-22(24)29/h4-7,9-16H,2-3,8,17H2,1H3,(H,32,34). The summed E-state index contributed by atoms with van der Waals surface area (Å²) < 4.78 is 21.3. The van der Waals surface area contributed by atoms with Crippen LogP contribution in [0.25, 0.3) is 10.9 Å². The van der Waals surface area contributed by atoms with E-state index in [0.29, 0.717) is 28.9 Å². The highest BCUT2D eigenvalue weighted by Crippen LogP contribution is 2.17. The van der Waals surface area contributed by atoms with Gasteiger partial charge in [0.05, 0.1) is 22.8 Å². The van der Waals surface area contributed by atoms with Gasteiger partial charge in [0.25, 0.3) is 11.5 Å². The van der Waals surface area contributed by atoms with Crippen molar-refractivity contribution < 1.29 is 13.9 Å². The van der Waals surface area contributed by atoms with Gasteiger partial charge in [0, 0.05) is 10.9 Å². The van der Waals surface area contributed by atoms with Crippen molar-refractivity contribution in [2.24, 2.45) is 5.10 Å². The SMILES string of the molecule is CCCCc1nc2ccc(Br)cc2c(=O)n1N=Cc1ccc(OCC(=O)Nc2ccccc2F)cc1. The van der Waals surface area contributed by atoms with Crippen LogP contribution in [-0.4, -0.2) is 28.4 Å². The predicted octanol–water partition coefficient (Wildman–Crippen LogP) is 5.54. The fraction of sp³-hybridized carbons (Fsp3) is 0.185. The Labute approximate surface area is 215 Å². The van der Waals surface area contributed by atoms with Gasteiger partial charge in [-0.3, -0.25) is 9.59 Å². The van der Waals surface area contributed by atoms with Crippen molar-refractivity contribution in [2.45, 2.75) is 26.2 Å². The van der Waals surface area contributed by atoms with Crippen LogP contribution in [0.2, 0.25) is 0 Å². The fourth-order valence-corrected chi connectivity index (χ4v) is 3.84. The second-order valence-electron chi connectivity index (χ2n) is 8.04. The number of carbonyl (C=O) groups excluding carboxylic acids is 1. The third kappa shape index (κ3) is 6.23.